The van der Waals surface area contributed by atoms with Crippen LogP contribution in [0.25, 0.3) is 0 Å². The number of methoxy groups -OCH3 is 1. The summed E-state index contributed by atoms with van der Waals surface area (Å²) in [6.07, 6.45) is -1.80. The zero-order valence-corrected chi connectivity index (χ0v) is 12.5. The first kappa shape index (κ1) is 16.9. The van der Waals surface area contributed by atoms with Gasteiger partial charge in [-0.1, -0.05) is 6.07 Å². The van der Waals surface area contributed by atoms with Crippen LogP contribution in [-0.4, -0.2) is 33.8 Å². The molecule has 5 heteroatoms. The lowest BCUT2D eigenvalue weighted by atomic mass is 9.96. The molecule has 0 aliphatic rings. The SMILES string of the molecule is CNC(CCOCC(F)F)c1c(C)cc(C)cc1OC. The summed E-state index contributed by atoms with van der Waals surface area (Å²) in [7, 11) is 3.48. The van der Waals surface area contributed by atoms with Gasteiger partial charge in [-0.05, 0) is 44.5 Å². The molecule has 1 N–H and O–H groups in total. The van der Waals surface area contributed by atoms with Crippen molar-refractivity contribution in [2.75, 3.05) is 27.4 Å². The third-order valence-electron chi connectivity index (χ3n) is 3.20. The summed E-state index contributed by atoms with van der Waals surface area (Å²) in [6, 6.07) is 4.08. The molecule has 0 heterocycles. The Kier molecular flexibility index (Phi) is 6.88. The van der Waals surface area contributed by atoms with Crippen molar-refractivity contribution in [1.82, 2.24) is 5.32 Å². The standard InChI is InChI=1S/C15H23F2NO2/c1-10-7-11(2)15(13(8-10)19-4)12(18-3)5-6-20-9-14(16)17/h7-8,12,14,18H,5-6,9H2,1-4H3. The van der Waals surface area contributed by atoms with Crippen LogP contribution >= 0.6 is 0 Å². The van der Waals surface area contributed by atoms with Gasteiger partial charge < -0.3 is 14.8 Å². The molecule has 0 bridgehead atoms. The van der Waals surface area contributed by atoms with Gasteiger partial charge in [-0.25, -0.2) is 8.78 Å². The lowest BCUT2D eigenvalue weighted by Gasteiger charge is -2.22. The molecule has 1 aromatic rings. The number of hydrogen-bond acceptors (Lipinski definition) is 3. The molecule has 1 rings (SSSR count). The van der Waals surface area contributed by atoms with Crippen molar-refractivity contribution < 1.29 is 18.3 Å². The molecule has 0 aromatic heterocycles. The summed E-state index contributed by atoms with van der Waals surface area (Å²) >= 11 is 0. The Hall–Kier alpha value is -1.20. The van der Waals surface area contributed by atoms with E-state index in [0.29, 0.717) is 6.42 Å². The van der Waals surface area contributed by atoms with E-state index in [-0.39, 0.29) is 12.6 Å². The van der Waals surface area contributed by atoms with Crippen LogP contribution in [0.5, 0.6) is 5.75 Å². The van der Waals surface area contributed by atoms with Crippen molar-refractivity contribution >= 4 is 0 Å². The predicted octanol–water partition coefficient (Wildman–Crippen LogP) is 3.24. The maximum Gasteiger partial charge on any atom is 0.261 e. The normalized spacial score (nSPS) is 12.8. The highest BCUT2D eigenvalue weighted by Crippen LogP contribution is 2.31. The number of aryl methyl sites for hydroxylation is 2. The van der Waals surface area contributed by atoms with Gasteiger partial charge in [0, 0.05) is 18.2 Å². The molecule has 0 aliphatic heterocycles. The molecule has 0 saturated carbocycles. The van der Waals surface area contributed by atoms with Gasteiger partial charge in [0.2, 0.25) is 0 Å². The van der Waals surface area contributed by atoms with Crippen LogP contribution in [0.3, 0.4) is 0 Å². The molecule has 0 saturated heterocycles. The number of ether oxygens (including phenoxy) is 2. The van der Waals surface area contributed by atoms with E-state index in [1.165, 1.54) is 0 Å². The van der Waals surface area contributed by atoms with E-state index in [2.05, 4.69) is 11.4 Å². The molecule has 0 radical (unpaired) electrons. The number of halogens is 2. The summed E-state index contributed by atoms with van der Waals surface area (Å²) in [5, 5.41) is 3.19. The molecule has 3 nitrogen and oxygen atoms in total. The fraction of sp³-hybridized carbons (Fsp3) is 0.600. The van der Waals surface area contributed by atoms with Gasteiger partial charge in [0.15, 0.2) is 0 Å². The lowest BCUT2D eigenvalue weighted by molar-refractivity contribution is 0.0145. The maximum atomic E-state index is 12.0. The zero-order valence-electron chi connectivity index (χ0n) is 12.5. The molecule has 0 spiro atoms. The molecule has 1 atom stereocenters. The van der Waals surface area contributed by atoms with Gasteiger partial charge in [0.25, 0.3) is 6.43 Å². The quantitative estimate of drug-likeness (QED) is 0.745. The van der Waals surface area contributed by atoms with Crippen LogP contribution in [-0.2, 0) is 4.74 Å². The van der Waals surface area contributed by atoms with E-state index >= 15 is 0 Å². The first-order valence-corrected chi connectivity index (χ1v) is 6.67. The van der Waals surface area contributed by atoms with Crippen LogP contribution in [0.4, 0.5) is 8.78 Å². The number of hydrogen-bond donors (Lipinski definition) is 1. The van der Waals surface area contributed by atoms with E-state index < -0.39 is 13.0 Å². The van der Waals surface area contributed by atoms with Gasteiger partial charge in [-0.15, -0.1) is 0 Å². The largest absolute Gasteiger partial charge is 0.496 e. The summed E-state index contributed by atoms with van der Waals surface area (Å²) in [5.41, 5.74) is 3.31. The Bertz CT molecular complexity index is 425. The summed E-state index contributed by atoms with van der Waals surface area (Å²) in [5.74, 6) is 0.815. The Balaban J connectivity index is 2.79. The van der Waals surface area contributed by atoms with Crippen molar-refractivity contribution in [3.05, 3.63) is 28.8 Å². The number of rotatable bonds is 8. The summed E-state index contributed by atoms with van der Waals surface area (Å²) in [6.45, 7) is 3.81. The zero-order chi connectivity index (χ0) is 15.1. The van der Waals surface area contributed by atoms with E-state index in [1.54, 1.807) is 7.11 Å². The highest BCUT2D eigenvalue weighted by Gasteiger charge is 2.17. The molecule has 20 heavy (non-hydrogen) atoms. The average molecular weight is 287 g/mol. The summed E-state index contributed by atoms with van der Waals surface area (Å²) in [4.78, 5) is 0. The monoisotopic (exact) mass is 287 g/mol. The van der Waals surface area contributed by atoms with Crippen LogP contribution in [0.15, 0.2) is 12.1 Å². The first-order valence-electron chi connectivity index (χ1n) is 6.67. The Labute approximate surface area is 119 Å². The second-order valence-electron chi connectivity index (χ2n) is 4.79. The Morgan fingerprint density at radius 2 is 1.95 bits per heavy atom. The van der Waals surface area contributed by atoms with Crippen LogP contribution in [0.2, 0.25) is 0 Å². The van der Waals surface area contributed by atoms with Gasteiger partial charge >= 0.3 is 0 Å². The first-order chi connectivity index (χ1) is 9.49. The minimum Gasteiger partial charge on any atom is -0.496 e. The van der Waals surface area contributed by atoms with E-state index in [9.17, 15) is 8.78 Å². The highest BCUT2D eigenvalue weighted by molar-refractivity contribution is 5.45. The Morgan fingerprint density at radius 3 is 2.50 bits per heavy atom. The second-order valence-corrected chi connectivity index (χ2v) is 4.79. The van der Waals surface area contributed by atoms with E-state index in [4.69, 9.17) is 9.47 Å². The molecule has 0 amide bonds. The lowest BCUT2D eigenvalue weighted by Crippen LogP contribution is -2.21. The minimum atomic E-state index is -2.42. The van der Waals surface area contributed by atoms with Crippen LogP contribution in [0.1, 0.15) is 29.2 Å². The molecule has 114 valence electrons. The molecular formula is C15H23F2NO2. The van der Waals surface area contributed by atoms with Crippen molar-refractivity contribution in [2.24, 2.45) is 0 Å². The molecule has 0 fully saturated rings. The van der Waals surface area contributed by atoms with Crippen molar-refractivity contribution in [3.63, 3.8) is 0 Å². The van der Waals surface area contributed by atoms with Crippen molar-refractivity contribution in [2.45, 2.75) is 32.7 Å². The van der Waals surface area contributed by atoms with Gasteiger partial charge in [-0.3, -0.25) is 0 Å². The molecule has 1 aromatic carbocycles. The topological polar surface area (TPSA) is 30.5 Å². The summed E-state index contributed by atoms with van der Waals surface area (Å²) < 4.78 is 34.5. The molecule has 1 unspecified atom stereocenters. The smallest absolute Gasteiger partial charge is 0.261 e. The molecular weight excluding hydrogens is 264 g/mol. The van der Waals surface area contributed by atoms with E-state index in [1.807, 2.05) is 27.0 Å². The van der Waals surface area contributed by atoms with Gasteiger partial charge in [0.05, 0.1) is 7.11 Å². The predicted molar refractivity (Wildman–Crippen MR) is 75.7 cm³/mol. The third-order valence-corrected chi connectivity index (χ3v) is 3.20. The van der Waals surface area contributed by atoms with Crippen LogP contribution < -0.4 is 10.1 Å². The molecule has 0 aliphatic carbocycles. The second kappa shape index (κ2) is 8.17. The fourth-order valence-corrected chi connectivity index (χ4v) is 2.36. The fourth-order valence-electron chi connectivity index (χ4n) is 2.36. The Morgan fingerprint density at radius 1 is 1.25 bits per heavy atom. The maximum absolute atomic E-state index is 12.0. The number of alkyl halides is 2. The van der Waals surface area contributed by atoms with Gasteiger partial charge in [0.1, 0.15) is 12.4 Å². The minimum absolute atomic E-state index is 0.0169. The van der Waals surface area contributed by atoms with Crippen molar-refractivity contribution in [3.8, 4) is 5.75 Å². The van der Waals surface area contributed by atoms with Gasteiger partial charge in [-0.2, -0.15) is 0 Å². The van der Waals surface area contributed by atoms with E-state index in [0.717, 1.165) is 22.4 Å². The highest BCUT2D eigenvalue weighted by atomic mass is 19.3. The van der Waals surface area contributed by atoms with Crippen LogP contribution in [0, 0.1) is 13.8 Å². The number of benzene rings is 1. The average Bonchev–Trinajstić information content (AvgIpc) is 2.39. The number of nitrogens with one attached hydrogen (secondary N) is 1. The van der Waals surface area contributed by atoms with Crippen molar-refractivity contribution in [1.29, 1.82) is 0 Å². The third kappa shape index (κ3) is 4.72.